The summed E-state index contributed by atoms with van der Waals surface area (Å²) >= 11 is 0. The summed E-state index contributed by atoms with van der Waals surface area (Å²) in [4.78, 5) is 0. The Balaban J connectivity index is 2.20. The van der Waals surface area contributed by atoms with Gasteiger partial charge in [-0.05, 0) is 19.4 Å². The fourth-order valence-electron chi connectivity index (χ4n) is 1.61. The predicted molar refractivity (Wildman–Crippen MR) is 63.2 cm³/mol. The summed E-state index contributed by atoms with van der Waals surface area (Å²) in [6.07, 6.45) is 3.25. The summed E-state index contributed by atoms with van der Waals surface area (Å²) in [6, 6.07) is 0.104. The number of sulfone groups is 1. The summed E-state index contributed by atoms with van der Waals surface area (Å²) in [5, 5.41) is 3.39. The van der Waals surface area contributed by atoms with Gasteiger partial charge in [0.2, 0.25) is 0 Å². The van der Waals surface area contributed by atoms with Crippen molar-refractivity contribution in [2.24, 2.45) is 0 Å². The van der Waals surface area contributed by atoms with Crippen molar-refractivity contribution < 1.29 is 12.6 Å². The molecule has 0 saturated carbocycles. The van der Waals surface area contributed by atoms with E-state index >= 15 is 0 Å². The van der Waals surface area contributed by atoms with Crippen molar-refractivity contribution >= 4 is 20.6 Å². The number of hydrogen-bond donors (Lipinski definition) is 1. The molecule has 4 nitrogen and oxygen atoms in total. The molecular formula is C9H19NO3S2. The fraction of sp³-hybridized carbons (Fsp3) is 1.00. The monoisotopic (exact) mass is 253 g/mol. The van der Waals surface area contributed by atoms with Crippen LogP contribution in [0.25, 0.3) is 0 Å². The number of hydrogen-bond acceptors (Lipinski definition) is 4. The van der Waals surface area contributed by atoms with Gasteiger partial charge in [0.15, 0.2) is 9.84 Å². The molecule has 0 radical (unpaired) electrons. The van der Waals surface area contributed by atoms with Crippen molar-refractivity contribution in [2.75, 3.05) is 24.3 Å². The Morgan fingerprint density at radius 3 is 2.67 bits per heavy atom. The zero-order chi connectivity index (χ0) is 11.5. The highest BCUT2D eigenvalue weighted by Gasteiger charge is 2.27. The minimum Gasteiger partial charge on any atom is -0.313 e. The molecule has 1 aliphatic heterocycles. The third kappa shape index (κ3) is 4.61. The highest BCUT2D eigenvalue weighted by atomic mass is 32.2. The van der Waals surface area contributed by atoms with Crippen molar-refractivity contribution in [2.45, 2.75) is 31.1 Å². The predicted octanol–water partition coefficient (Wildman–Crippen LogP) is -0.0798. The zero-order valence-corrected chi connectivity index (χ0v) is 10.9. The van der Waals surface area contributed by atoms with Gasteiger partial charge in [-0.15, -0.1) is 0 Å². The highest BCUT2D eigenvalue weighted by Crippen LogP contribution is 2.11. The van der Waals surface area contributed by atoms with Crippen molar-refractivity contribution in [3.8, 4) is 0 Å². The molecule has 1 saturated heterocycles. The Bertz CT molecular complexity index is 326. The van der Waals surface area contributed by atoms with Crippen LogP contribution >= 0.6 is 0 Å². The smallest absolute Gasteiger partial charge is 0.151 e. The second-order valence-corrected chi connectivity index (χ2v) is 8.18. The van der Waals surface area contributed by atoms with Crippen molar-refractivity contribution in [3.63, 3.8) is 0 Å². The van der Waals surface area contributed by atoms with E-state index < -0.39 is 20.6 Å². The second-order valence-electron chi connectivity index (χ2n) is 4.15. The Kier molecular flexibility index (Phi) is 4.73. The lowest BCUT2D eigenvalue weighted by Crippen LogP contribution is -2.32. The van der Waals surface area contributed by atoms with Crippen LogP contribution in [0, 0.1) is 0 Å². The van der Waals surface area contributed by atoms with Gasteiger partial charge in [0.05, 0.1) is 11.5 Å². The summed E-state index contributed by atoms with van der Waals surface area (Å²) in [5.74, 6) is 0.566. The summed E-state index contributed by atoms with van der Waals surface area (Å²) in [7, 11) is -3.57. The van der Waals surface area contributed by atoms with Gasteiger partial charge in [0.25, 0.3) is 0 Å². The van der Waals surface area contributed by atoms with E-state index in [-0.39, 0.29) is 17.0 Å². The van der Waals surface area contributed by atoms with E-state index in [1.165, 1.54) is 0 Å². The van der Waals surface area contributed by atoms with Gasteiger partial charge in [0.1, 0.15) is 0 Å². The molecule has 1 rings (SSSR count). The topological polar surface area (TPSA) is 63.2 Å². The molecule has 15 heavy (non-hydrogen) atoms. The van der Waals surface area contributed by atoms with Crippen LogP contribution < -0.4 is 5.32 Å². The summed E-state index contributed by atoms with van der Waals surface area (Å²) in [6.45, 7) is 2.70. The van der Waals surface area contributed by atoms with Gasteiger partial charge in [-0.3, -0.25) is 4.21 Å². The summed E-state index contributed by atoms with van der Waals surface area (Å²) < 4.78 is 33.4. The molecule has 0 aromatic rings. The van der Waals surface area contributed by atoms with Gasteiger partial charge in [-0.25, -0.2) is 8.42 Å². The van der Waals surface area contributed by atoms with Crippen LogP contribution in [0.5, 0.6) is 0 Å². The van der Waals surface area contributed by atoms with E-state index in [9.17, 15) is 12.6 Å². The van der Waals surface area contributed by atoms with Crippen LogP contribution in [-0.2, 0) is 20.6 Å². The normalized spacial score (nSPS) is 28.8. The molecule has 1 N–H and O–H groups in total. The van der Waals surface area contributed by atoms with Crippen LogP contribution in [-0.4, -0.2) is 48.2 Å². The lowest BCUT2D eigenvalue weighted by atomic mass is 10.2. The third-order valence-electron chi connectivity index (χ3n) is 2.78. The average Bonchev–Trinajstić information content (AvgIpc) is 2.45. The van der Waals surface area contributed by atoms with Gasteiger partial charge < -0.3 is 5.32 Å². The average molecular weight is 253 g/mol. The largest absolute Gasteiger partial charge is 0.313 e. The first-order valence-corrected chi connectivity index (χ1v) is 8.61. The molecule has 1 aliphatic rings. The van der Waals surface area contributed by atoms with E-state index in [2.05, 4.69) is 5.32 Å². The maximum absolute atomic E-state index is 11.2. The fourth-order valence-corrected chi connectivity index (χ4v) is 3.77. The molecule has 0 amide bonds. The van der Waals surface area contributed by atoms with Gasteiger partial charge in [-0.2, -0.15) is 0 Å². The van der Waals surface area contributed by atoms with Crippen LogP contribution in [0.15, 0.2) is 0 Å². The van der Waals surface area contributed by atoms with Crippen LogP contribution in [0.2, 0.25) is 0 Å². The van der Waals surface area contributed by atoms with Crippen molar-refractivity contribution in [3.05, 3.63) is 0 Å². The van der Waals surface area contributed by atoms with Crippen molar-refractivity contribution in [1.82, 2.24) is 5.32 Å². The molecule has 0 aliphatic carbocycles. The quantitative estimate of drug-likeness (QED) is 0.744. The minimum absolute atomic E-state index is 0.104. The number of rotatable bonds is 5. The minimum atomic E-state index is -2.78. The lowest BCUT2D eigenvalue weighted by Gasteiger charge is -2.12. The first-order chi connectivity index (χ1) is 6.91. The first-order valence-electron chi connectivity index (χ1n) is 5.17. The molecule has 6 heteroatoms. The SMILES string of the molecule is CC(CCNC1CCS(=O)(=O)C1)S(C)=O. The van der Waals surface area contributed by atoms with Crippen molar-refractivity contribution in [1.29, 1.82) is 0 Å². The molecule has 3 unspecified atom stereocenters. The molecule has 0 aromatic carbocycles. The van der Waals surface area contributed by atoms with Crippen LogP contribution in [0.3, 0.4) is 0 Å². The zero-order valence-electron chi connectivity index (χ0n) is 9.23. The Morgan fingerprint density at radius 2 is 2.20 bits per heavy atom. The Hall–Kier alpha value is 0.0600. The van der Waals surface area contributed by atoms with Gasteiger partial charge in [0, 0.05) is 28.3 Å². The molecule has 0 bridgehead atoms. The maximum Gasteiger partial charge on any atom is 0.151 e. The molecule has 1 heterocycles. The molecular weight excluding hydrogens is 234 g/mol. The Labute approximate surface area is 94.2 Å². The molecule has 0 aromatic heterocycles. The second kappa shape index (κ2) is 5.41. The van der Waals surface area contributed by atoms with Gasteiger partial charge >= 0.3 is 0 Å². The van der Waals surface area contributed by atoms with Gasteiger partial charge in [-0.1, -0.05) is 6.92 Å². The number of nitrogens with one attached hydrogen (secondary N) is 1. The molecule has 0 spiro atoms. The van der Waals surface area contributed by atoms with E-state index in [1.807, 2.05) is 6.92 Å². The molecule has 3 atom stereocenters. The molecule has 90 valence electrons. The van der Waals surface area contributed by atoms with Crippen LogP contribution in [0.1, 0.15) is 19.8 Å². The van der Waals surface area contributed by atoms with E-state index in [0.29, 0.717) is 12.2 Å². The highest BCUT2D eigenvalue weighted by molar-refractivity contribution is 7.91. The maximum atomic E-state index is 11.2. The summed E-state index contributed by atoms with van der Waals surface area (Å²) in [5.41, 5.74) is 0. The Morgan fingerprint density at radius 1 is 1.53 bits per heavy atom. The van der Waals surface area contributed by atoms with E-state index in [0.717, 1.165) is 13.0 Å². The third-order valence-corrected chi connectivity index (χ3v) is 5.92. The van der Waals surface area contributed by atoms with E-state index in [1.54, 1.807) is 6.26 Å². The lowest BCUT2D eigenvalue weighted by molar-refractivity contribution is 0.539. The van der Waals surface area contributed by atoms with Crippen LogP contribution in [0.4, 0.5) is 0 Å². The standard InChI is InChI=1S/C9H19NO3S2/c1-8(14(2)11)3-5-10-9-4-6-15(12,13)7-9/h8-10H,3-7H2,1-2H3. The molecule has 1 fully saturated rings. The first kappa shape index (κ1) is 13.1. The van der Waals surface area contributed by atoms with E-state index in [4.69, 9.17) is 0 Å².